The van der Waals surface area contributed by atoms with Gasteiger partial charge in [-0.05, 0) is 25.7 Å². The Hall–Kier alpha value is -0.770. The second-order valence-electron chi connectivity index (χ2n) is 4.38. The number of aliphatic imine (C=N–C) groups is 1. The van der Waals surface area contributed by atoms with Crippen molar-refractivity contribution in [3.05, 3.63) is 0 Å². The summed E-state index contributed by atoms with van der Waals surface area (Å²) in [4.78, 5) is 6.80. The molecule has 1 unspecified atom stereocenters. The highest BCUT2D eigenvalue weighted by molar-refractivity contribution is 5.79. The summed E-state index contributed by atoms with van der Waals surface area (Å²) in [5.41, 5.74) is 2.73. The van der Waals surface area contributed by atoms with E-state index in [-0.39, 0.29) is 0 Å². The van der Waals surface area contributed by atoms with Gasteiger partial charge in [0.15, 0.2) is 0 Å². The minimum atomic E-state index is 0.516. The van der Waals surface area contributed by atoms with Crippen molar-refractivity contribution >= 4 is 5.96 Å². The van der Waals surface area contributed by atoms with Gasteiger partial charge < -0.3 is 4.90 Å². The summed E-state index contributed by atoms with van der Waals surface area (Å²) in [6, 6.07) is 0.516. The number of hydrazine groups is 1. The largest absolute Gasteiger partial charge is 0.342 e. The van der Waals surface area contributed by atoms with Crippen molar-refractivity contribution in [1.29, 1.82) is 0 Å². The maximum atomic E-state index is 5.52. The Labute approximate surface area is 92.9 Å². The monoisotopic (exact) mass is 212 g/mol. The lowest BCUT2D eigenvalue weighted by Gasteiger charge is -2.26. The smallest absolute Gasteiger partial charge is 0.208 e. The molecule has 0 aliphatic heterocycles. The molecule has 0 amide bonds. The molecule has 15 heavy (non-hydrogen) atoms. The van der Waals surface area contributed by atoms with Crippen molar-refractivity contribution in [2.24, 2.45) is 16.8 Å². The first-order chi connectivity index (χ1) is 7.21. The SMILES string of the molecule is CCC(C)CN(CC)C(=NC1CC1)NN. The maximum absolute atomic E-state index is 5.52. The molecule has 1 fully saturated rings. The number of nitrogens with two attached hydrogens (primary N) is 1. The Morgan fingerprint density at radius 1 is 1.53 bits per heavy atom. The van der Waals surface area contributed by atoms with E-state index in [1.807, 2.05) is 0 Å². The summed E-state index contributed by atoms with van der Waals surface area (Å²) < 4.78 is 0. The van der Waals surface area contributed by atoms with Crippen LogP contribution in [-0.4, -0.2) is 30.0 Å². The van der Waals surface area contributed by atoms with E-state index in [9.17, 15) is 0 Å². The Kier molecular flexibility index (Phi) is 4.88. The lowest BCUT2D eigenvalue weighted by molar-refractivity contribution is 0.348. The molecule has 1 saturated carbocycles. The van der Waals surface area contributed by atoms with Crippen LogP contribution in [0, 0.1) is 5.92 Å². The minimum absolute atomic E-state index is 0.516. The topological polar surface area (TPSA) is 53.6 Å². The molecule has 0 aromatic rings. The predicted molar refractivity (Wildman–Crippen MR) is 64.5 cm³/mol. The number of guanidine groups is 1. The van der Waals surface area contributed by atoms with E-state index in [0.717, 1.165) is 19.0 Å². The van der Waals surface area contributed by atoms with Gasteiger partial charge in [0, 0.05) is 13.1 Å². The quantitative estimate of drug-likeness (QED) is 0.313. The molecule has 1 aliphatic carbocycles. The van der Waals surface area contributed by atoms with Gasteiger partial charge in [0.2, 0.25) is 5.96 Å². The van der Waals surface area contributed by atoms with Gasteiger partial charge in [0.05, 0.1) is 6.04 Å². The van der Waals surface area contributed by atoms with Crippen molar-refractivity contribution in [2.45, 2.75) is 46.1 Å². The summed E-state index contributed by atoms with van der Waals surface area (Å²) >= 11 is 0. The van der Waals surface area contributed by atoms with Crippen LogP contribution < -0.4 is 11.3 Å². The van der Waals surface area contributed by atoms with Gasteiger partial charge in [0.1, 0.15) is 0 Å². The predicted octanol–water partition coefficient (Wildman–Crippen LogP) is 1.34. The highest BCUT2D eigenvalue weighted by Gasteiger charge is 2.22. The minimum Gasteiger partial charge on any atom is -0.342 e. The number of nitrogens with one attached hydrogen (secondary N) is 1. The van der Waals surface area contributed by atoms with Gasteiger partial charge in [-0.25, -0.2) is 10.8 Å². The number of hydrogen-bond acceptors (Lipinski definition) is 2. The van der Waals surface area contributed by atoms with Gasteiger partial charge >= 0.3 is 0 Å². The molecular weight excluding hydrogens is 188 g/mol. The summed E-state index contributed by atoms with van der Waals surface area (Å²) in [5, 5.41) is 0. The zero-order chi connectivity index (χ0) is 11.3. The lowest BCUT2D eigenvalue weighted by Crippen LogP contribution is -2.46. The van der Waals surface area contributed by atoms with Crippen LogP contribution in [0.2, 0.25) is 0 Å². The van der Waals surface area contributed by atoms with Gasteiger partial charge in [0.25, 0.3) is 0 Å². The third-order valence-corrected chi connectivity index (χ3v) is 2.89. The van der Waals surface area contributed by atoms with E-state index in [1.54, 1.807) is 0 Å². The molecule has 1 atom stereocenters. The van der Waals surface area contributed by atoms with E-state index in [2.05, 4.69) is 36.1 Å². The zero-order valence-corrected chi connectivity index (χ0v) is 10.2. The molecule has 0 saturated heterocycles. The van der Waals surface area contributed by atoms with E-state index in [0.29, 0.717) is 12.0 Å². The summed E-state index contributed by atoms with van der Waals surface area (Å²) in [5.74, 6) is 7.06. The Balaban J connectivity index is 2.52. The van der Waals surface area contributed by atoms with Gasteiger partial charge in [-0.3, -0.25) is 5.43 Å². The second-order valence-corrected chi connectivity index (χ2v) is 4.38. The maximum Gasteiger partial charge on any atom is 0.208 e. The van der Waals surface area contributed by atoms with Crippen molar-refractivity contribution < 1.29 is 0 Å². The molecule has 0 aromatic carbocycles. The van der Waals surface area contributed by atoms with Crippen LogP contribution in [0.5, 0.6) is 0 Å². The summed E-state index contributed by atoms with van der Waals surface area (Å²) in [6.07, 6.45) is 3.62. The highest BCUT2D eigenvalue weighted by atomic mass is 15.4. The van der Waals surface area contributed by atoms with Crippen molar-refractivity contribution in [3.8, 4) is 0 Å². The molecule has 0 heterocycles. The first-order valence-electron chi connectivity index (χ1n) is 6.00. The zero-order valence-electron chi connectivity index (χ0n) is 10.2. The Bertz CT molecular complexity index is 211. The molecular formula is C11H24N4. The van der Waals surface area contributed by atoms with Crippen LogP contribution in [0.15, 0.2) is 4.99 Å². The van der Waals surface area contributed by atoms with Gasteiger partial charge in [-0.1, -0.05) is 20.3 Å². The first-order valence-corrected chi connectivity index (χ1v) is 6.00. The molecule has 4 heteroatoms. The number of nitrogens with zero attached hydrogens (tertiary/aromatic N) is 2. The van der Waals surface area contributed by atoms with Crippen LogP contribution in [-0.2, 0) is 0 Å². The van der Waals surface area contributed by atoms with Crippen molar-refractivity contribution in [1.82, 2.24) is 10.3 Å². The number of rotatable bonds is 5. The molecule has 3 N–H and O–H groups in total. The van der Waals surface area contributed by atoms with Crippen LogP contribution in [0.3, 0.4) is 0 Å². The third-order valence-electron chi connectivity index (χ3n) is 2.89. The molecule has 0 radical (unpaired) electrons. The van der Waals surface area contributed by atoms with Crippen LogP contribution in [0.1, 0.15) is 40.0 Å². The fourth-order valence-corrected chi connectivity index (χ4v) is 1.46. The van der Waals surface area contributed by atoms with Gasteiger partial charge in [-0.2, -0.15) is 0 Å². The first kappa shape index (κ1) is 12.3. The molecule has 0 bridgehead atoms. The van der Waals surface area contributed by atoms with Crippen LogP contribution in [0.25, 0.3) is 0 Å². The molecule has 88 valence electrons. The van der Waals surface area contributed by atoms with E-state index in [1.165, 1.54) is 19.3 Å². The highest BCUT2D eigenvalue weighted by Crippen LogP contribution is 2.23. The van der Waals surface area contributed by atoms with E-state index in [4.69, 9.17) is 5.84 Å². The number of hydrogen-bond donors (Lipinski definition) is 2. The third kappa shape index (κ3) is 4.08. The molecule has 4 nitrogen and oxygen atoms in total. The fourth-order valence-electron chi connectivity index (χ4n) is 1.46. The van der Waals surface area contributed by atoms with Crippen LogP contribution >= 0.6 is 0 Å². The normalized spacial score (nSPS) is 18.8. The summed E-state index contributed by atoms with van der Waals surface area (Å²) in [6.45, 7) is 8.60. The molecule has 1 aliphatic rings. The fraction of sp³-hybridized carbons (Fsp3) is 0.909. The van der Waals surface area contributed by atoms with Crippen molar-refractivity contribution in [2.75, 3.05) is 13.1 Å². The average molecular weight is 212 g/mol. The Morgan fingerprint density at radius 3 is 2.60 bits per heavy atom. The molecule has 1 rings (SSSR count). The van der Waals surface area contributed by atoms with Gasteiger partial charge in [-0.15, -0.1) is 0 Å². The van der Waals surface area contributed by atoms with E-state index >= 15 is 0 Å². The average Bonchev–Trinajstić information content (AvgIpc) is 3.06. The molecule has 0 spiro atoms. The molecule has 0 aromatic heterocycles. The lowest BCUT2D eigenvalue weighted by atomic mass is 10.1. The van der Waals surface area contributed by atoms with Crippen molar-refractivity contribution in [3.63, 3.8) is 0 Å². The Morgan fingerprint density at radius 2 is 2.20 bits per heavy atom. The second kappa shape index (κ2) is 5.95. The van der Waals surface area contributed by atoms with Crippen LogP contribution in [0.4, 0.5) is 0 Å². The summed E-state index contributed by atoms with van der Waals surface area (Å²) in [7, 11) is 0. The standard InChI is InChI=1S/C11H24N4/c1-4-9(3)8-15(5-2)11(14-12)13-10-6-7-10/h9-10H,4-8,12H2,1-3H3,(H,13,14). The van der Waals surface area contributed by atoms with E-state index < -0.39 is 0 Å².